The molecular formula is C6H18N2O3. The average molecular weight is 166 g/mol. The van der Waals surface area contributed by atoms with Crippen LogP contribution in [0.3, 0.4) is 0 Å². The molecule has 0 aliphatic carbocycles. The minimum absolute atomic E-state index is 0. The lowest BCUT2D eigenvalue weighted by atomic mass is 10.4. The molecule has 0 unspecified atom stereocenters. The van der Waals surface area contributed by atoms with Gasteiger partial charge in [0.15, 0.2) is 0 Å². The molecule has 5 heteroatoms. The van der Waals surface area contributed by atoms with Crippen molar-refractivity contribution in [3.05, 3.63) is 10.1 Å². The molecule has 0 amide bonds. The minimum Gasteiger partial charge on any atom is -0.344 e. The second-order valence-electron chi connectivity index (χ2n) is 1.41. The molecule has 0 spiro atoms. The van der Waals surface area contributed by atoms with E-state index in [4.69, 9.17) is 0 Å². The van der Waals surface area contributed by atoms with Gasteiger partial charge in [-0.2, -0.15) is 0 Å². The summed E-state index contributed by atoms with van der Waals surface area (Å²) in [6.07, 6.45) is 1.68. The largest absolute Gasteiger partial charge is 0.344 e. The summed E-state index contributed by atoms with van der Waals surface area (Å²) >= 11 is 0. The quantitative estimate of drug-likeness (QED) is 0.394. The molecule has 3 N–H and O–H groups in total. The van der Waals surface area contributed by atoms with Gasteiger partial charge in [-0.05, 0) is 6.42 Å². The van der Waals surface area contributed by atoms with E-state index in [9.17, 15) is 10.1 Å². The number of unbranched alkanes of at least 4 members (excludes halogenated alkanes) is 1. The predicted octanol–water partition coefficient (Wildman–Crippen LogP) is 2.18. The average Bonchev–Trinajstić information content (AvgIpc) is 1.92. The summed E-state index contributed by atoms with van der Waals surface area (Å²) in [5.74, 6) is 0. The molecule has 0 aliphatic heterocycles. The van der Waals surface area contributed by atoms with E-state index in [1.165, 1.54) is 0 Å². The Morgan fingerprint density at radius 1 is 1.45 bits per heavy atom. The van der Waals surface area contributed by atoms with Gasteiger partial charge >= 0.3 is 0 Å². The summed E-state index contributed by atoms with van der Waals surface area (Å²) in [5.41, 5.74) is 0. The molecule has 5 nitrogen and oxygen atoms in total. The van der Waals surface area contributed by atoms with Gasteiger partial charge in [-0.25, -0.2) is 0 Å². The van der Waals surface area contributed by atoms with E-state index in [1.807, 2.05) is 20.8 Å². The van der Waals surface area contributed by atoms with E-state index < -0.39 is 5.09 Å². The van der Waals surface area contributed by atoms with Crippen LogP contribution >= 0.6 is 0 Å². The van der Waals surface area contributed by atoms with Crippen LogP contribution < -0.4 is 6.15 Å². The summed E-state index contributed by atoms with van der Waals surface area (Å²) in [4.78, 5) is 13.5. The molecule has 0 heterocycles. The molecule has 0 saturated carbocycles. The minimum atomic E-state index is -0.768. The lowest BCUT2D eigenvalue weighted by Gasteiger charge is -1.92. The van der Waals surface area contributed by atoms with Gasteiger partial charge in [0.25, 0.3) is 5.09 Å². The third-order valence-corrected chi connectivity index (χ3v) is 0.695. The maximum absolute atomic E-state index is 9.46. The molecule has 70 valence electrons. The Bertz CT molecular complexity index is 78.2. The van der Waals surface area contributed by atoms with Gasteiger partial charge in [0, 0.05) is 0 Å². The van der Waals surface area contributed by atoms with Gasteiger partial charge in [-0.3, -0.25) is 0 Å². The number of rotatable bonds is 4. The van der Waals surface area contributed by atoms with Crippen LogP contribution in [0, 0.1) is 10.1 Å². The molecule has 0 saturated heterocycles. The molecule has 0 aromatic carbocycles. The van der Waals surface area contributed by atoms with E-state index in [1.54, 1.807) is 0 Å². The van der Waals surface area contributed by atoms with E-state index in [2.05, 4.69) is 4.84 Å². The van der Waals surface area contributed by atoms with Crippen molar-refractivity contribution in [3.8, 4) is 0 Å². The van der Waals surface area contributed by atoms with Crippen LogP contribution in [0.15, 0.2) is 0 Å². The van der Waals surface area contributed by atoms with Crippen LogP contribution in [0.5, 0.6) is 0 Å². The van der Waals surface area contributed by atoms with E-state index >= 15 is 0 Å². The van der Waals surface area contributed by atoms with Crippen molar-refractivity contribution in [1.29, 1.82) is 0 Å². The molecule has 0 aromatic heterocycles. The second kappa shape index (κ2) is 16.1. The zero-order valence-electron chi connectivity index (χ0n) is 7.50. The first-order valence-electron chi connectivity index (χ1n) is 3.54. The van der Waals surface area contributed by atoms with Crippen LogP contribution in [-0.2, 0) is 4.84 Å². The summed E-state index contributed by atoms with van der Waals surface area (Å²) in [5, 5.41) is 8.69. The smallest absolute Gasteiger partial charge is 0.294 e. The standard InChI is InChI=1S/C4H9NO3.C2H6.H3N/c1-2-3-4-8-5(6)7;1-2;/h2-4H2,1H3;1-2H3;1H3. The first kappa shape index (κ1) is 16.6. The lowest BCUT2D eigenvalue weighted by molar-refractivity contribution is -0.757. The molecule has 0 radical (unpaired) electrons. The summed E-state index contributed by atoms with van der Waals surface area (Å²) in [6.45, 7) is 6.17. The molecule has 0 aromatic rings. The summed E-state index contributed by atoms with van der Waals surface area (Å²) in [7, 11) is 0. The van der Waals surface area contributed by atoms with Crippen LogP contribution in [0.4, 0.5) is 0 Å². The van der Waals surface area contributed by atoms with Gasteiger partial charge < -0.3 is 11.0 Å². The van der Waals surface area contributed by atoms with Gasteiger partial charge in [0.1, 0.15) is 0 Å². The Kier molecular flexibility index (Phi) is 24.3. The fourth-order valence-corrected chi connectivity index (χ4v) is 0.283. The van der Waals surface area contributed by atoms with Crippen molar-refractivity contribution in [1.82, 2.24) is 6.15 Å². The van der Waals surface area contributed by atoms with Crippen molar-refractivity contribution in [2.45, 2.75) is 33.6 Å². The van der Waals surface area contributed by atoms with Gasteiger partial charge in [-0.15, -0.1) is 10.1 Å². The molecule has 0 atom stereocenters. The highest BCUT2D eigenvalue weighted by Crippen LogP contribution is 1.86. The molecule has 0 aliphatic rings. The Balaban J connectivity index is -0.000000196. The number of hydrogen-bond acceptors (Lipinski definition) is 4. The number of nitrogens with zero attached hydrogens (tertiary/aromatic N) is 1. The van der Waals surface area contributed by atoms with Crippen molar-refractivity contribution in [2.24, 2.45) is 0 Å². The van der Waals surface area contributed by atoms with Crippen LogP contribution in [0.25, 0.3) is 0 Å². The first-order valence-corrected chi connectivity index (χ1v) is 3.54. The maximum Gasteiger partial charge on any atom is 0.294 e. The lowest BCUT2D eigenvalue weighted by Crippen LogP contribution is -2.00. The normalized spacial score (nSPS) is 6.82. The van der Waals surface area contributed by atoms with E-state index in [0.717, 1.165) is 12.8 Å². The Morgan fingerprint density at radius 3 is 2.18 bits per heavy atom. The second-order valence-corrected chi connectivity index (χ2v) is 1.41. The third kappa shape index (κ3) is 27.1. The summed E-state index contributed by atoms with van der Waals surface area (Å²) in [6, 6.07) is 0. The van der Waals surface area contributed by atoms with Crippen LogP contribution in [0.1, 0.15) is 33.6 Å². The van der Waals surface area contributed by atoms with Gasteiger partial charge in [0.05, 0.1) is 6.61 Å². The molecule has 0 bridgehead atoms. The Labute approximate surface area is 67.4 Å². The Hall–Kier alpha value is -0.840. The first-order chi connectivity index (χ1) is 4.77. The van der Waals surface area contributed by atoms with Crippen molar-refractivity contribution < 1.29 is 9.92 Å². The zero-order chi connectivity index (χ0) is 8.41. The van der Waals surface area contributed by atoms with Crippen molar-refractivity contribution >= 4 is 0 Å². The SMILES string of the molecule is CC.CCCCO[N+](=O)[O-].N. The molecule has 0 fully saturated rings. The van der Waals surface area contributed by atoms with Crippen molar-refractivity contribution in [2.75, 3.05) is 6.61 Å². The fourth-order valence-electron chi connectivity index (χ4n) is 0.283. The number of hydrogen-bond donors (Lipinski definition) is 1. The third-order valence-electron chi connectivity index (χ3n) is 0.695. The highest BCUT2D eigenvalue weighted by molar-refractivity contribution is 4.25. The fraction of sp³-hybridized carbons (Fsp3) is 1.00. The molecule has 11 heavy (non-hydrogen) atoms. The topological polar surface area (TPSA) is 87.4 Å². The Morgan fingerprint density at radius 2 is 1.91 bits per heavy atom. The van der Waals surface area contributed by atoms with Crippen LogP contribution in [-0.4, -0.2) is 11.7 Å². The monoisotopic (exact) mass is 166 g/mol. The van der Waals surface area contributed by atoms with E-state index in [-0.39, 0.29) is 12.8 Å². The van der Waals surface area contributed by atoms with Gasteiger partial charge in [-0.1, -0.05) is 27.2 Å². The zero-order valence-corrected chi connectivity index (χ0v) is 7.50. The molecular weight excluding hydrogens is 148 g/mol. The van der Waals surface area contributed by atoms with Gasteiger partial charge in [0.2, 0.25) is 0 Å². The summed E-state index contributed by atoms with van der Waals surface area (Å²) < 4.78 is 0. The van der Waals surface area contributed by atoms with E-state index in [0.29, 0.717) is 0 Å². The highest BCUT2D eigenvalue weighted by atomic mass is 16.9. The molecule has 0 rings (SSSR count). The predicted molar refractivity (Wildman–Crippen MR) is 44.2 cm³/mol. The highest BCUT2D eigenvalue weighted by Gasteiger charge is 1.89. The van der Waals surface area contributed by atoms with Crippen LogP contribution in [0.2, 0.25) is 0 Å². The van der Waals surface area contributed by atoms with Crippen molar-refractivity contribution in [3.63, 3.8) is 0 Å². The maximum atomic E-state index is 9.46.